The zero-order chi connectivity index (χ0) is 17.6. The van der Waals surface area contributed by atoms with E-state index < -0.39 is 0 Å². The van der Waals surface area contributed by atoms with E-state index in [1.165, 1.54) is 18.9 Å². The van der Waals surface area contributed by atoms with E-state index in [1.54, 1.807) is 0 Å². The normalized spacial score (nSPS) is 18.7. The zero-order valence-corrected chi connectivity index (χ0v) is 15.0. The summed E-state index contributed by atoms with van der Waals surface area (Å²) < 4.78 is 0. The predicted molar refractivity (Wildman–Crippen MR) is 104 cm³/mol. The Morgan fingerprint density at radius 3 is 2.48 bits per heavy atom. The highest BCUT2D eigenvalue weighted by molar-refractivity contribution is 5.88. The molecule has 3 rings (SSSR count). The fourth-order valence-corrected chi connectivity index (χ4v) is 3.49. The van der Waals surface area contributed by atoms with E-state index in [0.29, 0.717) is 12.0 Å². The number of benzene rings is 2. The van der Waals surface area contributed by atoms with Gasteiger partial charge in [-0.25, -0.2) is 0 Å². The van der Waals surface area contributed by atoms with Gasteiger partial charge in [0, 0.05) is 37.4 Å². The maximum atomic E-state index is 11.1. The molecule has 132 valence electrons. The number of nitrogens with one attached hydrogen (secondary N) is 2. The van der Waals surface area contributed by atoms with E-state index in [0.717, 1.165) is 31.0 Å². The number of rotatable bonds is 6. The third kappa shape index (κ3) is 5.07. The minimum Gasteiger partial charge on any atom is -0.382 e. The lowest BCUT2D eigenvalue weighted by molar-refractivity contribution is -0.114. The first-order chi connectivity index (χ1) is 12.1. The Bertz CT molecular complexity index is 684. The summed E-state index contributed by atoms with van der Waals surface area (Å²) in [6.45, 7) is 7.11. The summed E-state index contributed by atoms with van der Waals surface area (Å²) in [6.07, 6.45) is 1.23. The van der Waals surface area contributed by atoms with Gasteiger partial charge >= 0.3 is 0 Å². The van der Waals surface area contributed by atoms with Gasteiger partial charge in [0.15, 0.2) is 0 Å². The lowest BCUT2D eigenvalue weighted by Crippen LogP contribution is -2.29. The van der Waals surface area contributed by atoms with Crippen LogP contribution in [0.5, 0.6) is 0 Å². The number of anilines is 2. The molecule has 0 radical (unpaired) electrons. The Balaban J connectivity index is 1.50. The van der Waals surface area contributed by atoms with Crippen molar-refractivity contribution in [3.63, 3.8) is 0 Å². The molecule has 1 aliphatic heterocycles. The third-order valence-electron chi connectivity index (χ3n) is 4.86. The van der Waals surface area contributed by atoms with E-state index in [2.05, 4.69) is 52.8 Å². The van der Waals surface area contributed by atoms with Crippen LogP contribution in [0, 0.1) is 5.92 Å². The van der Waals surface area contributed by atoms with Gasteiger partial charge in [-0.05, 0) is 55.6 Å². The molecule has 2 N–H and O–H groups in total. The zero-order valence-electron chi connectivity index (χ0n) is 15.0. The number of likely N-dealkylation sites (tertiary alicyclic amines) is 1. The molecule has 4 heteroatoms. The Morgan fingerprint density at radius 2 is 1.80 bits per heavy atom. The Labute approximate surface area is 150 Å². The number of carbonyl (C=O) groups excluding carboxylic acids is 1. The van der Waals surface area contributed by atoms with E-state index in [-0.39, 0.29) is 5.91 Å². The van der Waals surface area contributed by atoms with E-state index in [1.807, 2.05) is 24.3 Å². The minimum absolute atomic E-state index is 0.0430. The van der Waals surface area contributed by atoms with Crippen LogP contribution in [0.1, 0.15) is 25.8 Å². The molecule has 2 aromatic rings. The van der Waals surface area contributed by atoms with E-state index in [9.17, 15) is 4.79 Å². The van der Waals surface area contributed by atoms with Gasteiger partial charge < -0.3 is 10.6 Å². The van der Waals surface area contributed by atoms with E-state index in [4.69, 9.17) is 0 Å². The van der Waals surface area contributed by atoms with Gasteiger partial charge in [-0.3, -0.25) is 9.69 Å². The maximum absolute atomic E-state index is 11.1. The molecule has 1 fully saturated rings. The Kier molecular flexibility index (Phi) is 5.71. The van der Waals surface area contributed by atoms with Crippen molar-refractivity contribution < 1.29 is 4.79 Å². The van der Waals surface area contributed by atoms with Crippen molar-refractivity contribution in [2.45, 2.75) is 32.9 Å². The number of carbonyl (C=O) groups is 1. The second kappa shape index (κ2) is 8.17. The maximum Gasteiger partial charge on any atom is 0.221 e. The average Bonchev–Trinajstić information content (AvgIpc) is 3.06. The summed E-state index contributed by atoms with van der Waals surface area (Å²) in [4.78, 5) is 13.6. The molecule has 1 amide bonds. The second-order valence-corrected chi connectivity index (χ2v) is 6.96. The monoisotopic (exact) mass is 337 g/mol. The SMILES string of the molecule is CC(=O)Nc1ccc(NC(C)C2CCN(Cc3ccccc3)C2)cc1. The van der Waals surface area contributed by atoms with Crippen LogP contribution in [0.3, 0.4) is 0 Å². The van der Waals surface area contributed by atoms with Crippen molar-refractivity contribution in [1.82, 2.24) is 4.90 Å². The quantitative estimate of drug-likeness (QED) is 0.838. The fraction of sp³-hybridized carbons (Fsp3) is 0.381. The first kappa shape index (κ1) is 17.5. The van der Waals surface area contributed by atoms with Gasteiger partial charge in [-0.15, -0.1) is 0 Å². The number of hydrogen-bond acceptors (Lipinski definition) is 3. The average molecular weight is 337 g/mol. The molecule has 1 aliphatic rings. The summed E-state index contributed by atoms with van der Waals surface area (Å²) in [5.74, 6) is 0.609. The molecule has 2 aromatic carbocycles. The van der Waals surface area contributed by atoms with Gasteiger partial charge in [0.2, 0.25) is 5.91 Å². The standard InChI is InChI=1S/C21H27N3O/c1-16(22-20-8-10-21(11-9-20)23-17(2)25)19-12-13-24(15-19)14-18-6-4-3-5-7-18/h3-11,16,19,22H,12-15H2,1-2H3,(H,23,25). The molecule has 0 aliphatic carbocycles. The first-order valence-corrected chi connectivity index (χ1v) is 9.00. The Hall–Kier alpha value is -2.33. The van der Waals surface area contributed by atoms with Crippen LogP contribution >= 0.6 is 0 Å². The van der Waals surface area contributed by atoms with E-state index >= 15 is 0 Å². The highest BCUT2D eigenvalue weighted by atomic mass is 16.1. The molecule has 25 heavy (non-hydrogen) atoms. The lowest BCUT2D eigenvalue weighted by Gasteiger charge is -2.23. The van der Waals surface area contributed by atoms with Gasteiger partial charge in [0.1, 0.15) is 0 Å². The van der Waals surface area contributed by atoms with Crippen molar-refractivity contribution in [3.8, 4) is 0 Å². The molecule has 0 saturated carbocycles. The summed E-state index contributed by atoms with van der Waals surface area (Å²) in [7, 11) is 0. The summed E-state index contributed by atoms with van der Waals surface area (Å²) in [5.41, 5.74) is 3.32. The fourth-order valence-electron chi connectivity index (χ4n) is 3.49. The Morgan fingerprint density at radius 1 is 1.12 bits per heavy atom. The molecule has 0 bridgehead atoms. The molecule has 1 saturated heterocycles. The number of nitrogens with zero attached hydrogens (tertiary/aromatic N) is 1. The molecule has 2 unspecified atom stereocenters. The van der Waals surface area contributed by atoms with Gasteiger partial charge in [-0.1, -0.05) is 30.3 Å². The second-order valence-electron chi connectivity index (χ2n) is 6.96. The molecule has 0 aromatic heterocycles. The largest absolute Gasteiger partial charge is 0.382 e. The smallest absolute Gasteiger partial charge is 0.221 e. The predicted octanol–water partition coefficient (Wildman–Crippen LogP) is 3.97. The summed E-state index contributed by atoms with van der Waals surface area (Å²) >= 11 is 0. The van der Waals surface area contributed by atoms with Crippen LogP contribution in [-0.4, -0.2) is 29.9 Å². The topological polar surface area (TPSA) is 44.4 Å². The molecular formula is C21H27N3O. The highest BCUT2D eigenvalue weighted by Crippen LogP contribution is 2.24. The van der Waals surface area contributed by atoms with Crippen LogP contribution in [0.4, 0.5) is 11.4 Å². The number of amides is 1. The van der Waals surface area contributed by atoms with Crippen LogP contribution < -0.4 is 10.6 Å². The molecule has 4 nitrogen and oxygen atoms in total. The minimum atomic E-state index is -0.0430. The van der Waals surface area contributed by atoms with Crippen LogP contribution in [0.2, 0.25) is 0 Å². The van der Waals surface area contributed by atoms with Gasteiger partial charge in [0.05, 0.1) is 0 Å². The highest BCUT2D eigenvalue weighted by Gasteiger charge is 2.26. The van der Waals surface area contributed by atoms with Crippen molar-refractivity contribution in [2.24, 2.45) is 5.92 Å². The van der Waals surface area contributed by atoms with Gasteiger partial charge in [0.25, 0.3) is 0 Å². The lowest BCUT2D eigenvalue weighted by atomic mass is 10.0. The van der Waals surface area contributed by atoms with Crippen LogP contribution in [0.15, 0.2) is 54.6 Å². The van der Waals surface area contributed by atoms with Crippen molar-refractivity contribution in [3.05, 3.63) is 60.2 Å². The molecule has 1 heterocycles. The summed E-state index contributed by atoms with van der Waals surface area (Å²) in [6, 6.07) is 19.0. The van der Waals surface area contributed by atoms with Crippen molar-refractivity contribution in [1.29, 1.82) is 0 Å². The third-order valence-corrected chi connectivity index (χ3v) is 4.86. The van der Waals surface area contributed by atoms with Crippen LogP contribution in [0.25, 0.3) is 0 Å². The van der Waals surface area contributed by atoms with Crippen LogP contribution in [-0.2, 0) is 11.3 Å². The van der Waals surface area contributed by atoms with Gasteiger partial charge in [-0.2, -0.15) is 0 Å². The molecular weight excluding hydrogens is 310 g/mol. The molecule has 0 spiro atoms. The number of hydrogen-bond donors (Lipinski definition) is 2. The van der Waals surface area contributed by atoms with Crippen molar-refractivity contribution >= 4 is 17.3 Å². The first-order valence-electron chi connectivity index (χ1n) is 9.00. The molecule has 2 atom stereocenters. The summed E-state index contributed by atoms with van der Waals surface area (Å²) in [5, 5.41) is 6.41. The van der Waals surface area contributed by atoms with Crippen molar-refractivity contribution in [2.75, 3.05) is 23.7 Å².